The number of carbonyl (C=O) groups excluding carboxylic acids is 1. The van der Waals surface area contributed by atoms with Gasteiger partial charge in [0, 0.05) is 35.7 Å². The molecule has 0 aliphatic carbocycles. The molecule has 1 saturated heterocycles. The van der Waals surface area contributed by atoms with E-state index in [2.05, 4.69) is 0 Å². The Balaban J connectivity index is 1.39. The van der Waals surface area contributed by atoms with Gasteiger partial charge in [-0.2, -0.15) is 11.8 Å². The highest BCUT2D eigenvalue weighted by Gasteiger charge is 2.22. The molecular weight excluding hydrogens is 365 g/mol. The lowest BCUT2D eigenvalue weighted by atomic mass is 10.1. The largest absolute Gasteiger partial charge is 0.454 e. The fourth-order valence-corrected chi connectivity index (χ4v) is 4.52. The van der Waals surface area contributed by atoms with Crippen LogP contribution in [0.2, 0.25) is 0 Å². The summed E-state index contributed by atoms with van der Waals surface area (Å²) in [7, 11) is 0. The molecule has 0 spiro atoms. The molecule has 0 aromatic heterocycles. The van der Waals surface area contributed by atoms with Crippen molar-refractivity contribution in [2.45, 2.75) is 11.7 Å². The topological polar surface area (TPSA) is 38.8 Å². The number of amides is 1. The maximum atomic E-state index is 14.0. The Hall–Kier alpha value is -2.47. The summed E-state index contributed by atoms with van der Waals surface area (Å²) in [4.78, 5) is 14.4. The molecule has 1 fully saturated rings. The number of carbonyl (C=O) groups is 1. The van der Waals surface area contributed by atoms with Crippen LogP contribution in [0.3, 0.4) is 0 Å². The SMILES string of the molecule is O=C(/C=C/c1ccc2c(c1)OCO2)N1CCS[C@@H](c2ccccc2F)CC1. The predicted octanol–water partition coefficient (Wildman–Crippen LogP) is 4.27. The summed E-state index contributed by atoms with van der Waals surface area (Å²) in [6.07, 6.45) is 4.12. The van der Waals surface area contributed by atoms with Gasteiger partial charge in [0.25, 0.3) is 0 Å². The van der Waals surface area contributed by atoms with Crippen molar-refractivity contribution in [3.8, 4) is 11.5 Å². The maximum absolute atomic E-state index is 14.0. The molecule has 2 aliphatic rings. The smallest absolute Gasteiger partial charge is 0.246 e. The Morgan fingerprint density at radius 2 is 2.00 bits per heavy atom. The quantitative estimate of drug-likeness (QED) is 0.740. The Labute approximate surface area is 162 Å². The third-order valence-electron chi connectivity index (χ3n) is 4.72. The van der Waals surface area contributed by atoms with E-state index in [0.29, 0.717) is 18.8 Å². The van der Waals surface area contributed by atoms with E-state index < -0.39 is 0 Å². The summed E-state index contributed by atoms with van der Waals surface area (Å²) in [5.74, 6) is 2.02. The van der Waals surface area contributed by atoms with E-state index in [0.717, 1.165) is 29.1 Å². The molecule has 0 bridgehead atoms. The third-order valence-corrected chi connectivity index (χ3v) is 6.03. The summed E-state index contributed by atoms with van der Waals surface area (Å²) >= 11 is 1.71. The highest BCUT2D eigenvalue weighted by molar-refractivity contribution is 7.99. The van der Waals surface area contributed by atoms with Crippen molar-refractivity contribution in [2.24, 2.45) is 0 Å². The molecule has 2 aromatic rings. The highest BCUT2D eigenvalue weighted by Crippen LogP contribution is 2.36. The molecule has 4 rings (SSSR count). The second-order valence-electron chi connectivity index (χ2n) is 6.44. The number of rotatable bonds is 3. The lowest BCUT2D eigenvalue weighted by Crippen LogP contribution is -2.31. The first-order valence-electron chi connectivity index (χ1n) is 8.93. The first-order valence-corrected chi connectivity index (χ1v) is 9.98. The van der Waals surface area contributed by atoms with Crippen molar-refractivity contribution in [1.29, 1.82) is 0 Å². The van der Waals surface area contributed by atoms with Crippen LogP contribution in [0.1, 0.15) is 22.8 Å². The second-order valence-corrected chi connectivity index (χ2v) is 7.75. The fraction of sp³-hybridized carbons (Fsp3) is 0.286. The van der Waals surface area contributed by atoms with Gasteiger partial charge in [-0.05, 0) is 36.3 Å². The molecule has 2 aromatic carbocycles. The molecule has 2 heterocycles. The van der Waals surface area contributed by atoms with Crippen LogP contribution in [0.15, 0.2) is 48.5 Å². The van der Waals surface area contributed by atoms with Gasteiger partial charge in [-0.25, -0.2) is 4.39 Å². The zero-order valence-electron chi connectivity index (χ0n) is 14.8. The molecule has 0 N–H and O–H groups in total. The first kappa shape index (κ1) is 17.9. The molecule has 1 amide bonds. The minimum atomic E-state index is -0.169. The van der Waals surface area contributed by atoms with Crippen molar-refractivity contribution in [3.05, 3.63) is 65.5 Å². The van der Waals surface area contributed by atoms with Crippen molar-refractivity contribution in [3.63, 3.8) is 0 Å². The fourth-order valence-electron chi connectivity index (χ4n) is 3.26. The number of benzene rings is 2. The van der Waals surface area contributed by atoms with E-state index in [9.17, 15) is 9.18 Å². The lowest BCUT2D eigenvalue weighted by molar-refractivity contribution is -0.125. The average molecular weight is 385 g/mol. The molecule has 2 aliphatic heterocycles. The van der Waals surface area contributed by atoms with Gasteiger partial charge >= 0.3 is 0 Å². The van der Waals surface area contributed by atoms with Crippen LogP contribution in [0.25, 0.3) is 6.08 Å². The number of nitrogens with zero attached hydrogens (tertiary/aromatic N) is 1. The van der Waals surface area contributed by atoms with Gasteiger partial charge in [-0.1, -0.05) is 24.3 Å². The minimum absolute atomic E-state index is 0.0255. The third kappa shape index (κ3) is 4.11. The molecular formula is C21H20FNO3S. The monoisotopic (exact) mass is 385 g/mol. The number of fused-ring (bicyclic) bond motifs is 1. The lowest BCUT2D eigenvalue weighted by Gasteiger charge is -2.18. The summed E-state index contributed by atoms with van der Waals surface area (Å²) in [5, 5.41) is 0.0850. The molecule has 0 saturated carbocycles. The maximum Gasteiger partial charge on any atom is 0.246 e. The van der Waals surface area contributed by atoms with Crippen LogP contribution in [-0.2, 0) is 4.79 Å². The zero-order chi connectivity index (χ0) is 18.6. The highest BCUT2D eigenvalue weighted by atomic mass is 32.2. The molecule has 1 atom stereocenters. The Morgan fingerprint density at radius 3 is 2.89 bits per heavy atom. The van der Waals surface area contributed by atoms with Crippen LogP contribution in [-0.4, -0.2) is 36.4 Å². The van der Waals surface area contributed by atoms with Crippen molar-refractivity contribution in [1.82, 2.24) is 4.90 Å². The number of thioether (sulfide) groups is 1. The second kappa shape index (κ2) is 8.05. The van der Waals surface area contributed by atoms with E-state index in [1.807, 2.05) is 35.2 Å². The van der Waals surface area contributed by atoms with E-state index >= 15 is 0 Å². The number of halogens is 1. The number of hydrogen-bond donors (Lipinski definition) is 0. The molecule has 0 unspecified atom stereocenters. The molecule has 4 nitrogen and oxygen atoms in total. The average Bonchev–Trinajstić information content (AvgIpc) is 3.01. The summed E-state index contributed by atoms with van der Waals surface area (Å²) < 4.78 is 24.7. The minimum Gasteiger partial charge on any atom is -0.454 e. The van der Waals surface area contributed by atoms with E-state index in [4.69, 9.17) is 9.47 Å². The van der Waals surface area contributed by atoms with Gasteiger partial charge in [-0.3, -0.25) is 4.79 Å². The Bertz CT molecular complexity index is 870. The molecule has 140 valence electrons. The molecule has 6 heteroatoms. The number of hydrogen-bond acceptors (Lipinski definition) is 4. The summed E-state index contributed by atoms with van der Waals surface area (Å²) in [6, 6.07) is 12.5. The summed E-state index contributed by atoms with van der Waals surface area (Å²) in [5.41, 5.74) is 1.62. The van der Waals surface area contributed by atoms with Crippen LogP contribution >= 0.6 is 11.8 Å². The first-order chi connectivity index (χ1) is 13.2. The number of ether oxygens (including phenoxy) is 2. The van der Waals surface area contributed by atoms with Crippen molar-refractivity contribution < 1.29 is 18.7 Å². The van der Waals surface area contributed by atoms with E-state index in [-0.39, 0.29) is 23.8 Å². The Kier molecular flexibility index (Phi) is 5.34. The van der Waals surface area contributed by atoms with Crippen molar-refractivity contribution in [2.75, 3.05) is 25.6 Å². The van der Waals surface area contributed by atoms with Gasteiger partial charge in [0.2, 0.25) is 12.7 Å². The predicted molar refractivity (Wildman–Crippen MR) is 104 cm³/mol. The van der Waals surface area contributed by atoms with E-state index in [1.165, 1.54) is 6.07 Å². The molecule has 27 heavy (non-hydrogen) atoms. The summed E-state index contributed by atoms with van der Waals surface area (Å²) in [6.45, 7) is 1.52. The van der Waals surface area contributed by atoms with Gasteiger partial charge < -0.3 is 14.4 Å². The van der Waals surface area contributed by atoms with E-state index in [1.54, 1.807) is 30.0 Å². The van der Waals surface area contributed by atoms with Crippen LogP contribution in [0.5, 0.6) is 11.5 Å². The van der Waals surface area contributed by atoms with Crippen LogP contribution < -0.4 is 9.47 Å². The normalized spacial score (nSPS) is 19.3. The van der Waals surface area contributed by atoms with Gasteiger partial charge in [0.05, 0.1) is 0 Å². The van der Waals surface area contributed by atoms with Gasteiger partial charge in [0.15, 0.2) is 11.5 Å². The standard InChI is InChI=1S/C21H20FNO3S/c22-17-4-2-1-3-16(17)20-9-10-23(11-12-27-20)21(24)8-6-15-5-7-18-19(13-15)26-14-25-18/h1-8,13,20H,9-12,14H2/b8-6+/t20-/m1/s1. The van der Waals surface area contributed by atoms with Gasteiger partial charge in [0.1, 0.15) is 5.82 Å². The van der Waals surface area contributed by atoms with Crippen LogP contribution in [0.4, 0.5) is 4.39 Å². The van der Waals surface area contributed by atoms with Gasteiger partial charge in [-0.15, -0.1) is 0 Å². The Morgan fingerprint density at radius 1 is 1.15 bits per heavy atom. The molecule has 0 radical (unpaired) electrons. The zero-order valence-corrected chi connectivity index (χ0v) is 15.6. The van der Waals surface area contributed by atoms with Crippen LogP contribution in [0, 0.1) is 5.82 Å². The van der Waals surface area contributed by atoms with Crippen molar-refractivity contribution >= 4 is 23.7 Å².